The molecule has 1 atom stereocenters. The lowest BCUT2D eigenvalue weighted by Crippen LogP contribution is -2.12. The van der Waals surface area contributed by atoms with Gasteiger partial charge in [0.05, 0.1) is 0 Å². The van der Waals surface area contributed by atoms with E-state index in [2.05, 4.69) is 32.0 Å². The number of aliphatic hydroxyl groups is 1. The highest BCUT2D eigenvalue weighted by atomic mass is 16.3. The molecule has 17 heavy (non-hydrogen) atoms. The molecule has 1 aromatic carbocycles. The van der Waals surface area contributed by atoms with E-state index in [9.17, 15) is 5.11 Å². The largest absolute Gasteiger partial charge is 0.396 e. The first-order chi connectivity index (χ1) is 8.19. The third kappa shape index (κ3) is 3.32. The van der Waals surface area contributed by atoms with Gasteiger partial charge in [0, 0.05) is 6.61 Å². The second-order valence-electron chi connectivity index (χ2n) is 5.84. The number of fused-ring (bicyclic) bond motifs is 1. The van der Waals surface area contributed by atoms with Crippen LogP contribution in [0.2, 0.25) is 0 Å². The van der Waals surface area contributed by atoms with Crippen LogP contribution in [0.25, 0.3) is 0 Å². The first-order valence-electron chi connectivity index (χ1n) is 6.90. The van der Waals surface area contributed by atoms with E-state index in [1.54, 1.807) is 5.56 Å². The monoisotopic (exact) mass is 232 g/mol. The van der Waals surface area contributed by atoms with Gasteiger partial charge in [-0.3, -0.25) is 0 Å². The summed E-state index contributed by atoms with van der Waals surface area (Å²) in [6.07, 6.45) is 5.96. The lowest BCUT2D eigenvalue weighted by Gasteiger charge is -2.17. The Morgan fingerprint density at radius 2 is 1.94 bits per heavy atom. The molecule has 1 aliphatic carbocycles. The maximum atomic E-state index is 9.43. The minimum absolute atomic E-state index is 0.315. The molecule has 0 saturated heterocycles. The molecule has 94 valence electrons. The number of rotatable bonds is 5. The van der Waals surface area contributed by atoms with Crippen LogP contribution in [0.4, 0.5) is 0 Å². The summed E-state index contributed by atoms with van der Waals surface area (Å²) in [5.74, 6) is 1.09. The van der Waals surface area contributed by atoms with Crippen molar-refractivity contribution >= 4 is 0 Å². The molecule has 0 radical (unpaired) electrons. The molecule has 1 aliphatic rings. The van der Waals surface area contributed by atoms with Gasteiger partial charge in [-0.2, -0.15) is 0 Å². The zero-order valence-corrected chi connectivity index (χ0v) is 11.1. The fourth-order valence-electron chi connectivity index (χ4n) is 2.97. The number of aliphatic hydroxyl groups excluding tert-OH is 1. The molecule has 0 fully saturated rings. The number of aryl methyl sites for hydroxylation is 2. The predicted octanol–water partition coefficient (Wildman–Crippen LogP) is 3.37. The lowest BCUT2D eigenvalue weighted by atomic mass is 9.90. The third-order valence-corrected chi connectivity index (χ3v) is 3.75. The van der Waals surface area contributed by atoms with Gasteiger partial charge in [-0.15, -0.1) is 0 Å². The predicted molar refractivity (Wildman–Crippen MR) is 72.2 cm³/mol. The van der Waals surface area contributed by atoms with Crippen LogP contribution in [0, 0.1) is 11.8 Å². The Morgan fingerprint density at radius 3 is 2.65 bits per heavy atom. The van der Waals surface area contributed by atoms with Crippen LogP contribution in [-0.4, -0.2) is 11.7 Å². The van der Waals surface area contributed by atoms with E-state index in [1.807, 2.05) is 0 Å². The van der Waals surface area contributed by atoms with E-state index in [4.69, 9.17) is 0 Å². The van der Waals surface area contributed by atoms with Crippen LogP contribution in [0.3, 0.4) is 0 Å². The molecule has 1 heteroatoms. The van der Waals surface area contributed by atoms with Crippen molar-refractivity contribution < 1.29 is 5.11 Å². The highest BCUT2D eigenvalue weighted by Gasteiger charge is 2.14. The first kappa shape index (κ1) is 12.6. The van der Waals surface area contributed by atoms with Crippen molar-refractivity contribution in [2.24, 2.45) is 11.8 Å². The second-order valence-corrected chi connectivity index (χ2v) is 5.84. The standard InChI is InChI=1S/C16H24O/c1-12(2)8-14(11-17)9-13-6-7-15-4-3-5-16(15)10-13/h6-7,10,12,14,17H,3-5,8-9,11H2,1-2H3. The van der Waals surface area contributed by atoms with E-state index in [-0.39, 0.29) is 0 Å². The Balaban J connectivity index is 2.02. The average molecular weight is 232 g/mol. The molecule has 1 unspecified atom stereocenters. The number of hydrogen-bond donors (Lipinski definition) is 1. The van der Waals surface area contributed by atoms with Crippen molar-refractivity contribution in [2.75, 3.05) is 6.61 Å². The molecular formula is C16H24O. The van der Waals surface area contributed by atoms with Crippen LogP contribution in [-0.2, 0) is 19.3 Å². The summed E-state index contributed by atoms with van der Waals surface area (Å²) in [4.78, 5) is 0. The quantitative estimate of drug-likeness (QED) is 0.825. The fourth-order valence-corrected chi connectivity index (χ4v) is 2.97. The van der Waals surface area contributed by atoms with Crippen molar-refractivity contribution in [2.45, 2.75) is 46.0 Å². The molecule has 0 spiro atoms. The molecule has 0 aromatic heterocycles. The normalized spacial score (nSPS) is 16.2. The minimum atomic E-state index is 0.315. The second kappa shape index (κ2) is 5.68. The van der Waals surface area contributed by atoms with Crippen LogP contribution in [0.5, 0.6) is 0 Å². The van der Waals surface area contributed by atoms with Crippen LogP contribution in [0.15, 0.2) is 18.2 Å². The van der Waals surface area contributed by atoms with Gasteiger partial charge >= 0.3 is 0 Å². The SMILES string of the molecule is CC(C)CC(CO)Cc1ccc2c(c1)CCC2. The van der Waals surface area contributed by atoms with Gasteiger partial charge in [0.2, 0.25) is 0 Å². The molecule has 1 aromatic rings. The maximum absolute atomic E-state index is 9.43. The zero-order valence-electron chi connectivity index (χ0n) is 11.1. The summed E-state index contributed by atoms with van der Waals surface area (Å²) in [7, 11) is 0. The van der Waals surface area contributed by atoms with E-state index < -0.39 is 0 Å². The highest BCUT2D eigenvalue weighted by Crippen LogP contribution is 2.25. The van der Waals surface area contributed by atoms with Gasteiger partial charge in [0.25, 0.3) is 0 Å². The van der Waals surface area contributed by atoms with Crippen molar-refractivity contribution in [3.63, 3.8) is 0 Å². The molecule has 0 amide bonds. The molecule has 0 aliphatic heterocycles. The molecule has 2 rings (SSSR count). The van der Waals surface area contributed by atoms with E-state index in [0.717, 1.165) is 12.8 Å². The maximum Gasteiger partial charge on any atom is 0.0462 e. The smallest absolute Gasteiger partial charge is 0.0462 e. The first-order valence-corrected chi connectivity index (χ1v) is 6.90. The zero-order chi connectivity index (χ0) is 12.3. The Hall–Kier alpha value is -0.820. The summed E-state index contributed by atoms with van der Waals surface area (Å²) < 4.78 is 0. The van der Waals surface area contributed by atoms with Crippen molar-refractivity contribution in [3.8, 4) is 0 Å². The molecule has 0 bridgehead atoms. The summed E-state index contributed by atoms with van der Waals surface area (Å²) >= 11 is 0. The number of benzene rings is 1. The molecule has 1 N–H and O–H groups in total. The average Bonchev–Trinajstić information content (AvgIpc) is 2.74. The topological polar surface area (TPSA) is 20.2 Å². The van der Waals surface area contributed by atoms with Gasteiger partial charge in [-0.05, 0) is 60.6 Å². The number of hydrogen-bond acceptors (Lipinski definition) is 1. The summed E-state index contributed by atoms with van der Waals surface area (Å²) in [6, 6.07) is 6.92. The van der Waals surface area contributed by atoms with E-state index in [0.29, 0.717) is 18.4 Å². The Bertz CT molecular complexity index is 368. The Morgan fingerprint density at radius 1 is 1.18 bits per heavy atom. The molecular weight excluding hydrogens is 208 g/mol. The minimum Gasteiger partial charge on any atom is -0.396 e. The molecule has 1 nitrogen and oxygen atoms in total. The van der Waals surface area contributed by atoms with Crippen LogP contribution < -0.4 is 0 Å². The summed E-state index contributed by atoms with van der Waals surface area (Å²) in [6.45, 7) is 4.77. The Labute approximate surface area is 105 Å². The van der Waals surface area contributed by atoms with Gasteiger partial charge in [0.15, 0.2) is 0 Å². The molecule has 0 saturated carbocycles. The van der Waals surface area contributed by atoms with Crippen molar-refractivity contribution in [1.82, 2.24) is 0 Å². The third-order valence-electron chi connectivity index (χ3n) is 3.75. The van der Waals surface area contributed by atoms with Crippen LogP contribution >= 0.6 is 0 Å². The highest BCUT2D eigenvalue weighted by molar-refractivity contribution is 5.35. The van der Waals surface area contributed by atoms with Gasteiger partial charge < -0.3 is 5.11 Å². The Kier molecular flexibility index (Phi) is 4.22. The van der Waals surface area contributed by atoms with E-state index in [1.165, 1.54) is 30.4 Å². The van der Waals surface area contributed by atoms with Gasteiger partial charge in [-0.25, -0.2) is 0 Å². The summed E-state index contributed by atoms with van der Waals surface area (Å²) in [5.41, 5.74) is 4.49. The van der Waals surface area contributed by atoms with Crippen molar-refractivity contribution in [1.29, 1.82) is 0 Å². The van der Waals surface area contributed by atoms with E-state index >= 15 is 0 Å². The van der Waals surface area contributed by atoms with Gasteiger partial charge in [0.1, 0.15) is 0 Å². The molecule has 0 heterocycles. The summed E-state index contributed by atoms with van der Waals surface area (Å²) in [5, 5.41) is 9.43. The lowest BCUT2D eigenvalue weighted by molar-refractivity contribution is 0.205. The van der Waals surface area contributed by atoms with Crippen LogP contribution in [0.1, 0.15) is 43.4 Å². The van der Waals surface area contributed by atoms with Crippen molar-refractivity contribution in [3.05, 3.63) is 34.9 Å². The van der Waals surface area contributed by atoms with Gasteiger partial charge in [-0.1, -0.05) is 32.0 Å². The fraction of sp³-hybridized carbons (Fsp3) is 0.625.